The van der Waals surface area contributed by atoms with Crippen molar-refractivity contribution in [3.8, 4) is 5.75 Å². The Morgan fingerprint density at radius 3 is 2.71 bits per heavy atom. The molecule has 1 N–H and O–H groups in total. The van der Waals surface area contributed by atoms with E-state index in [1.54, 1.807) is 18.3 Å². The molecule has 0 radical (unpaired) electrons. The van der Waals surface area contributed by atoms with Gasteiger partial charge < -0.3 is 9.64 Å². The van der Waals surface area contributed by atoms with Gasteiger partial charge in [-0.3, -0.25) is 14.3 Å². The van der Waals surface area contributed by atoms with Crippen molar-refractivity contribution in [2.75, 3.05) is 19.1 Å². The minimum absolute atomic E-state index is 0.0313. The van der Waals surface area contributed by atoms with E-state index >= 15 is 0 Å². The summed E-state index contributed by atoms with van der Waals surface area (Å²) in [6.07, 6.45) is 1.41. The Balaban J connectivity index is 2.36. The smallest absolute Gasteiger partial charge is 0.241 e. The van der Waals surface area contributed by atoms with Crippen LogP contribution in [0.15, 0.2) is 24.3 Å². The van der Waals surface area contributed by atoms with E-state index in [4.69, 9.17) is 4.74 Å². The van der Waals surface area contributed by atoms with E-state index in [0.29, 0.717) is 5.75 Å². The summed E-state index contributed by atoms with van der Waals surface area (Å²) in [5.41, 5.74) is 0.923. The van der Waals surface area contributed by atoms with Crippen LogP contribution in [-0.4, -0.2) is 46.2 Å². The van der Waals surface area contributed by atoms with Crippen LogP contribution in [0.25, 0.3) is 0 Å². The highest BCUT2D eigenvalue weighted by molar-refractivity contribution is 7.84. The van der Waals surface area contributed by atoms with Crippen molar-refractivity contribution in [3.63, 3.8) is 0 Å². The molecule has 1 aliphatic rings. The lowest BCUT2D eigenvalue weighted by Crippen LogP contribution is -2.41. The standard InChI is InChI=1S/C15H22N2O3S/c1-10(9-21(4)19)17-14(16-11(2)15(17)18)12-7-5-6-8-13(12)20-3/h5-8,10-11,14,16H,9H2,1-4H3. The van der Waals surface area contributed by atoms with Crippen molar-refractivity contribution in [3.05, 3.63) is 29.8 Å². The molecule has 1 aliphatic heterocycles. The Bertz CT molecular complexity index is 549. The summed E-state index contributed by atoms with van der Waals surface area (Å²) in [5, 5.41) is 3.30. The van der Waals surface area contributed by atoms with Crippen LogP contribution in [-0.2, 0) is 15.6 Å². The first kappa shape index (κ1) is 16.0. The molecule has 4 atom stereocenters. The molecule has 0 aliphatic carbocycles. The molecule has 1 aromatic rings. The normalized spacial score (nSPS) is 25.0. The number of ether oxygens (including phenoxy) is 1. The first-order valence-corrected chi connectivity index (χ1v) is 8.69. The van der Waals surface area contributed by atoms with Gasteiger partial charge in [0.2, 0.25) is 5.91 Å². The topological polar surface area (TPSA) is 58.6 Å². The van der Waals surface area contributed by atoms with Crippen molar-refractivity contribution in [1.29, 1.82) is 0 Å². The van der Waals surface area contributed by atoms with Gasteiger partial charge in [0.15, 0.2) is 0 Å². The largest absolute Gasteiger partial charge is 0.496 e. The summed E-state index contributed by atoms with van der Waals surface area (Å²) in [6.45, 7) is 3.78. The minimum atomic E-state index is -0.949. The molecule has 1 amide bonds. The maximum Gasteiger partial charge on any atom is 0.241 e. The number of amides is 1. The lowest BCUT2D eigenvalue weighted by atomic mass is 10.1. The second-order valence-corrected chi connectivity index (χ2v) is 6.85. The molecule has 21 heavy (non-hydrogen) atoms. The predicted octanol–water partition coefficient (Wildman–Crippen LogP) is 1.28. The molecule has 1 aromatic carbocycles. The van der Waals surface area contributed by atoms with E-state index in [1.165, 1.54) is 0 Å². The third-order valence-electron chi connectivity index (χ3n) is 3.70. The zero-order valence-corrected chi connectivity index (χ0v) is 13.6. The van der Waals surface area contributed by atoms with Crippen LogP contribution in [0.1, 0.15) is 25.6 Å². The molecule has 0 saturated carbocycles. The molecule has 1 heterocycles. The number of rotatable bonds is 5. The van der Waals surface area contributed by atoms with Crippen LogP contribution >= 0.6 is 0 Å². The van der Waals surface area contributed by atoms with E-state index in [2.05, 4.69) is 5.32 Å². The van der Waals surface area contributed by atoms with Crippen LogP contribution in [0.4, 0.5) is 0 Å². The first-order valence-electron chi connectivity index (χ1n) is 6.97. The summed E-state index contributed by atoms with van der Waals surface area (Å²) >= 11 is 0. The minimum Gasteiger partial charge on any atom is -0.496 e. The Hall–Kier alpha value is -1.40. The van der Waals surface area contributed by atoms with Gasteiger partial charge in [0.05, 0.1) is 13.2 Å². The zero-order valence-electron chi connectivity index (χ0n) is 12.8. The highest BCUT2D eigenvalue weighted by Crippen LogP contribution is 2.33. The van der Waals surface area contributed by atoms with Gasteiger partial charge >= 0.3 is 0 Å². The van der Waals surface area contributed by atoms with Crippen LogP contribution in [0.2, 0.25) is 0 Å². The summed E-state index contributed by atoms with van der Waals surface area (Å²) in [6, 6.07) is 7.30. The summed E-state index contributed by atoms with van der Waals surface area (Å²) in [5.74, 6) is 1.24. The van der Waals surface area contributed by atoms with Gasteiger partial charge in [-0.25, -0.2) is 0 Å². The van der Waals surface area contributed by atoms with Gasteiger partial charge in [-0.05, 0) is 19.9 Å². The molecule has 1 fully saturated rings. The average molecular weight is 310 g/mol. The summed E-state index contributed by atoms with van der Waals surface area (Å²) < 4.78 is 16.9. The van der Waals surface area contributed by atoms with E-state index < -0.39 is 10.8 Å². The molecule has 2 rings (SSSR count). The lowest BCUT2D eigenvalue weighted by molar-refractivity contribution is -0.131. The summed E-state index contributed by atoms with van der Waals surface area (Å²) in [4.78, 5) is 14.2. The lowest BCUT2D eigenvalue weighted by Gasteiger charge is -2.30. The van der Waals surface area contributed by atoms with Gasteiger partial charge in [0.1, 0.15) is 11.9 Å². The van der Waals surface area contributed by atoms with Crippen molar-refractivity contribution in [2.45, 2.75) is 32.1 Å². The zero-order chi connectivity index (χ0) is 15.6. The second kappa shape index (κ2) is 6.58. The Kier molecular flexibility index (Phi) is 5.00. The van der Waals surface area contributed by atoms with E-state index in [1.807, 2.05) is 38.1 Å². The van der Waals surface area contributed by atoms with E-state index in [0.717, 1.165) is 11.3 Å². The molecular formula is C15H22N2O3S. The van der Waals surface area contributed by atoms with Crippen LogP contribution in [0.5, 0.6) is 5.75 Å². The Morgan fingerprint density at radius 1 is 1.43 bits per heavy atom. The third-order valence-corrected chi connectivity index (χ3v) is 4.65. The molecule has 0 aromatic heterocycles. The second-order valence-electron chi connectivity index (χ2n) is 5.37. The number of benzene rings is 1. The van der Waals surface area contributed by atoms with Gasteiger partial charge in [0, 0.05) is 34.4 Å². The number of hydrogen-bond acceptors (Lipinski definition) is 4. The number of carbonyl (C=O) groups is 1. The maximum atomic E-state index is 12.4. The van der Waals surface area contributed by atoms with Crippen molar-refractivity contribution >= 4 is 16.7 Å². The molecule has 116 valence electrons. The summed E-state index contributed by atoms with van der Waals surface area (Å²) in [7, 11) is 0.670. The molecule has 5 nitrogen and oxygen atoms in total. The molecule has 0 bridgehead atoms. The molecular weight excluding hydrogens is 288 g/mol. The van der Waals surface area contributed by atoms with Crippen LogP contribution in [0.3, 0.4) is 0 Å². The maximum absolute atomic E-state index is 12.4. The molecule has 1 saturated heterocycles. The highest BCUT2D eigenvalue weighted by Gasteiger charge is 2.40. The molecule has 4 unspecified atom stereocenters. The Labute approximate surface area is 128 Å². The fourth-order valence-corrected chi connectivity index (χ4v) is 3.60. The number of nitrogens with zero attached hydrogens (tertiary/aromatic N) is 1. The third kappa shape index (κ3) is 3.27. The van der Waals surface area contributed by atoms with Gasteiger partial charge in [-0.1, -0.05) is 18.2 Å². The van der Waals surface area contributed by atoms with Crippen LogP contribution < -0.4 is 10.1 Å². The van der Waals surface area contributed by atoms with Gasteiger partial charge in [0.25, 0.3) is 0 Å². The van der Waals surface area contributed by atoms with E-state index in [9.17, 15) is 9.00 Å². The van der Waals surface area contributed by atoms with Crippen molar-refractivity contribution in [1.82, 2.24) is 10.2 Å². The predicted molar refractivity (Wildman–Crippen MR) is 83.6 cm³/mol. The number of carbonyl (C=O) groups excluding carboxylic acids is 1. The number of nitrogens with one attached hydrogen (secondary N) is 1. The average Bonchev–Trinajstić information content (AvgIpc) is 2.74. The fourth-order valence-electron chi connectivity index (χ4n) is 2.76. The monoisotopic (exact) mass is 310 g/mol. The number of methoxy groups -OCH3 is 1. The van der Waals surface area contributed by atoms with Crippen LogP contribution in [0, 0.1) is 0 Å². The number of para-hydroxylation sites is 1. The SMILES string of the molecule is COc1ccccc1C1NC(C)C(=O)N1C(C)CS(C)=O. The van der Waals surface area contributed by atoms with Gasteiger partial charge in [-0.2, -0.15) is 0 Å². The van der Waals surface area contributed by atoms with Gasteiger partial charge in [-0.15, -0.1) is 0 Å². The fraction of sp³-hybridized carbons (Fsp3) is 0.533. The Morgan fingerprint density at radius 2 is 2.10 bits per heavy atom. The van der Waals surface area contributed by atoms with Crippen molar-refractivity contribution in [2.24, 2.45) is 0 Å². The quantitative estimate of drug-likeness (QED) is 0.890. The highest BCUT2D eigenvalue weighted by atomic mass is 32.2. The molecule has 0 spiro atoms. The number of hydrogen-bond donors (Lipinski definition) is 1. The first-order chi connectivity index (χ1) is 9.95. The van der Waals surface area contributed by atoms with E-state index in [-0.39, 0.29) is 24.2 Å². The van der Waals surface area contributed by atoms with Crippen molar-refractivity contribution < 1.29 is 13.7 Å². The molecule has 6 heteroatoms.